The molecule has 0 bridgehead atoms. The molecule has 1 aromatic carbocycles. The summed E-state index contributed by atoms with van der Waals surface area (Å²) in [5.74, 6) is 0.857. The van der Waals surface area contributed by atoms with Gasteiger partial charge in [-0.1, -0.05) is 6.07 Å². The number of halogens is 1. The quantitative estimate of drug-likeness (QED) is 0.911. The van der Waals surface area contributed by atoms with E-state index >= 15 is 0 Å². The van der Waals surface area contributed by atoms with Gasteiger partial charge in [0, 0.05) is 0 Å². The maximum atomic E-state index is 6.30. The molecule has 0 spiro atoms. The largest absolute Gasteiger partial charge is 0.493 e. The lowest BCUT2D eigenvalue weighted by atomic mass is 9.99. The molecule has 1 atom stereocenters. The standard InChI is InChI=1S/C14H16BrNOS/c1-3-17-13-5-4-10(6-12(13)15)14(16)11-8-18-7-9(11)2/h4-8,14H,3,16H2,1-2H3. The first-order valence-electron chi connectivity index (χ1n) is 5.84. The van der Waals surface area contributed by atoms with Crippen LogP contribution >= 0.6 is 27.3 Å². The van der Waals surface area contributed by atoms with Crippen LogP contribution in [0.25, 0.3) is 0 Å². The Balaban J connectivity index is 2.29. The molecule has 0 amide bonds. The molecule has 0 aliphatic heterocycles. The lowest BCUT2D eigenvalue weighted by molar-refractivity contribution is 0.338. The van der Waals surface area contributed by atoms with Crippen molar-refractivity contribution in [2.24, 2.45) is 5.73 Å². The Kier molecular flexibility index (Phi) is 4.43. The Morgan fingerprint density at radius 2 is 2.17 bits per heavy atom. The summed E-state index contributed by atoms with van der Waals surface area (Å²) in [6.45, 7) is 4.73. The molecule has 18 heavy (non-hydrogen) atoms. The fraction of sp³-hybridized carbons (Fsp3) is 0.286. The highest BCUT2D eigenvalue weighted by atomic mass is 79.9. The predicted molar refractivity (Wildman–Crippen MR) is 80.4 cm³/mol. The van der Waals surface area contributed by atoms with Crippen molar-refractivity contribution in [2.45, 2.75) is 19.9 Å². The number of ether oxygens (including phenoxy) is 1. The molecule has 1 heterocycles. The monoisotopic (exact) mass is 325 g/mol. The zero-order valence-electron chi connectivity index (χ0n) is 10.4. The van der Waals surface area contributed by atoms with Gasteiger partial charge in [0.15, 0.2) is 0 Å². The van der Waals surface area contributed by atoms with Crippen LogP contribution in [0.1, 0.15) is 29.7 Å². The van der Waals surface area contributed by atoms with Crippen molar-refractivity contribution in [3.63, 3.8) is 0 Å². The first-order chi connectivity index (χ1) is 8.63. The Hall–Kier alpha value is -0.840. The van der Waals surface area contributed by atoms with Gasteiger partial charge in [0.05, 0.1) is 17.1 Å². The number of hydrogen-bond acceptors (Lipinski definition) is 3. The highest BCUT2D eigenvalue weighted by Crippen LogP contribution is 2.31. The van der Waals surface area contributed by atoms with Crippen molar-refractivity contribution in [3.05, 3.63) is 50.1 Å². The summed E-state index contributed by atoms with van der Waals surface area (Å²) in [5.41, 5.74) is 9.83. The second kappa shape index (κ2) is 5.87. The molecule has 2 nitrogen and oxygen atoms in total. The van der Waals surface area contributed by atoms with Gasteiger partial charge >= 0.3 is 0 Å². The van der Waals surface area contributed by atoms with Crippen LogP contribution in [0.2, 0.25) is 0 Å². The topological polar surface area (TPSA) is 35.2 Å². The van der Waals surface area contributed by atoms with E-state index in [0.717, 1.165) is 15.8 Å². The van der Waals surface area contributed by atoms with Gasteiger partial charge in [0.2, 0.25) is 0 Å². The first-order valence-corrected chi connectivity index (χ1v) is 7.57. The van der Waals surface area contributed by atoms with Crippen LogP contribution in [-0.2, 0) is 0 Å². The second-order valence-electron chi connectivity index (χ2n) is 4.11. The molecule has 0 fully saturated rings. The van der Waals surface area contributed by atoms with E-state index in [-0.39, 0.29) is 6.04 Å². The summed E-state index contributed by atoms with van der Waals surface area (Å²) in [7, 11) is 0. The molecule has 2 rings (SSSR count). The molecule has 96 valence electrons. The van der Waals surface area contributed by atoms with Crippen molar-refractivity contribution in [2.75, 3.05) is 6.61 Å². The highest BCUT2D eigenvalue weighted by molar-refractivity contribution is 9.10. The Bertz CT molecular complexity index is 538. The molecular weight excluding hydrogens is 310 g/mol. The van der Waals surface area contributed by atoms with E-state index in [1.54, 1.807) is 11.3 Å². The maximum Gasteiger partial charge on any atom is 0.133 e. The molecule has 1 aromatic heterocycles. The Morgan fingerprint density at radius 3 is 2.72 bits per heavy atom. The van der Waals surface area contributed by atoms with E-state index in [2.05, 4.69) is 33.6 Å². The molecule has 0 aliphatic rings. The van der Waals surface area contributed by atoms with Crippen LogP contribution in [-0.4, -0.2) is 6.61 Å². The summed E-state index contributed by atoms with van der Waals surface area (Å²) >= 11 is 5.21. The van der Waals surface area contributed by atoms with E-state index in [1.807, 2.05) is 25.1 Å². The fourth-order valence-electron chi connectivity index (χ4n) is 1.85. The van der Waals surface area contributed by atoms with Crippen molar-refractivity contribution in [1.82, 2.24) is 0 Å². The van der Waals surface area contributed by atoms with Crippen LogP contribution in [0.5, 0.6) is 5.75 Å². The normalized spacial score (nSPS) is 12.4. The molecular formula is C14H16BrNOS. The maximum absolute atomic E-state index is 6.30. The van der Waals surface area contributed by atoms with E-state index in [0.29, 0.717) is 6.61 Å². The van der Waals surface area contributed by atoms with Gasteiger partial charge in [-0.2, -0.15) is 11.3 Å². The smallest absolute Gasteiger partial charge is 0.133 e. The number of nitrogens with two attached hydrogens (primary N) is 1. The van der Waals surface area contributed by atoms with Crippen molar-refractivity contribution >= 4 is 27.3 Å². The second-order valence-corrected chi connectivity index (χ2v) is 5.71. The van der Waals surface area contributed by atoms with Crippen molar-refractivity contribution in [3.8, 4) is 5.75 Å². The number of rotatable bonds is 4. The average molecular weight is 326 g/mol. The Labute approximate surface area is 120 Å². The summed E-state index contributed by atoms with van der Waals surface area (Å²) in [5, 5.41) is 4.24. The minimum atomic E-state index is -0.0803. The van der Waals surface area contributed by atoms with Gasteiger partial charge in [-0.15, -0.1) is 0 Å². The van der Waals surface area contributed by atoms with Crippen LogP contribution in [0.4, 0.5) is 0 Å². The summed E-state index contributed by atoms with van der Waals surface area (Å²) in [6.07, 6.45) is 0. The van der Waals surface area contributed by atoms with Gasteiger partial charge in [-0.25, -0.2) is 0 Å². The molecule has 4 heteroatoms. The summed E-state index contributed by atoms with van der Waals surface area (Å²) in [6, 6.07) is 5.94. The predicted octanol–water partition coefficient (Wildman–Crippen LogP) is 4.27. The van der Waals surface area contributed by atoms with E-state index in [1.165, 1.54) is 11.1 Å². The third kappa shape index (κ3) is 2.76. The highest BCUT2D eigenvalue weighted by Gasteiger charge is 2.13. The van der Waals surface area contributed by atoms with Gasteiger partial charge in [0.25, 0.3) is 0 Å². The molecule has 0 aliphatic carbocycles. The van der Waals surface area contributed by atoms with Crippen molar-refractivity contribution in [1.29, 1.82) is 0 Å². The molecule has 2 N–H and O–H groups in total. The molecule has 2 aromatic rings. The number of thiophene rings is 1. The number of aryl methyl sites for hydroxylation is 1. The fourth-order valence-corrected chi connectivity index (χ4v) is 3.25. The summed E-state index contributed by atoms with van der Waals surface area (Å²) in [4.78, 5) is 0. The number of benzene rings is 1. The third-order valence-electron chi connectivity index (χ3n) is 2.85. The molecule has 0 saturated carbocycles. The van der Waals surface area contributed by atoms with E-state index in [9.17, 15) is 0 Å². The average Bonchev–Trinajstić information content (AvgIpc) is 2.77. The van der Waals surface area contributed by atoms with Gasteiger partial charge < -0.3 is 10.5 Å². The zero-order chi connectivity index (χ0) is 13.1. The minimum Gasteiger partial charge on any atom is -0.493 e. The minimum absolute atomic E-state index is 0.0803. The Morgan fingerprint density at radius 1 is 1.39 bits per heavy atom. The summed E-state index contributed by atoms with van der Waals surface area (Å²) < 4.78 is 6.45. The van der Waals surface area contributed by atoms with Gasteiger partial charge in [-0.05, 0) is 69.4 Å². The van der Waals surface area contributed by atoms with Crippen LogP contribution in [0.15, 0.2) is 33.4 Å². The van der Waals surface area contributed by atoms with Gasteiger partial charge in [0.1, 0.15) is 5.75 Å². The van der Waals surface area contributed by atoms with E-state index < -0.39 is 0 Å². The van der Waals surface area contributed by atoms with Crippen molar-refractivity contribution < 1.29 is 4.74 Å². The molecule has 1 unspecified atom stereocenters. The van der Waals surface area contributed by atoms with Crippen LogP contribution < -0.4 is 10.5 Å². The lowest BCUT2D eigenvalue weighted by Crippen LogP contribution is -2.12. The lowest BCUT2D eigenvalue weighted by Gasteiger charge is -2.14. The van der Waals surface area contributed by atoms with Gasteiger partial charge in [-0.3, -0.25) is 0 Å². The van der Waals surface area contributed by atoms with Crippen LogP contribution in [0.3, 0.4) is 0 Å². The number of hydrogen-bond donors (Lipinski definition) is 1. The zero-order valence-corrected chi connectivity index (χ0v) is 12.8. The molecule has 0 saturated heterocycles. The SMILES string of the molecule is CCOc1ccc(C(N)c2cscc2C)cc1Br. The van der Waals surface area contributed by atoms with Crippen LogP contribution in [0, 0.1) is 6.92 Å². The first kappa shape index (κ1) is 13.6. The van der Waals surface area contributed by atoms with E-state index in [4.69, 9.17) is 10.5 Å². The molecule has 0 radical (unpaired) electrons. The third-order valence-corrected chi connectivity index (χ3v) is 4.34.